The van der Waals surface area contributed by atoms with Crippen LogP contribution in [0.2, 0.25) is 0 Å². The van der Waals surface area contributed by atoms with E-state index in [9.17, 15) is 0 Å². The summed E-state index contributed by atoms with van der Waals surface area (Å²) < 4.78 is 0. The van der Waals surface area contributed by atoms with Gasteiger partial charge in [0.15, 0.2) is 0 Å². The van der Waals surface area contributed by atoms with Gasteiger partial charge in [-0.1, -0.05) is 45.0 Å². The fourth-order valence-electron chi connectivity index (χ4n) is 2.41. The van der Waals surface area contributed by atoms with Gasteiger partial charge >= 0.3 is 0 Å². The zero-order chi connectivity index (χ0) is 14.2. The van der Waals surface area contributed by atoms with Crippen molar-refractivity contribution in [3.05, 3.63) is 60.4 Å². The van der Waals surface area contributed by atoms with Crippen LogP contribution in [0.4, 0.5) is 0 Å². The van der Waals surface area contributed by atoms with E-state index in [2.05, 4.69) is 56.1 Å². The molecule has 3 aromatic rings. The fraction of sp³-hybridized carbons (Fsp3) is 0.222. The summed E-state index contributed by atoms with van der Waals surface area (Å²) in [4.78, 5) is 8.78. The van der Waals surface area contributed by atoms with E-state index in [4.69, 9.17) is 4.98 Å². The number of fused-ring (bicyclic) bond motifs is 1. The average molecular weight is 454 g/mol. The first kappa shape index (κ1) is 15.8. The van der Waals surface area contributed by atoms with Crippen molar-refractivity contribution in [2.24, 2.45) is 0 Å². The Balaban J connectivity index is 0.00000161. The number of pyridine rings is 2. The molecule has 0 aliphatic heterocycles. The zero-order valence-corrected chi connectivity index (χ0v) is 14.7. The van der Waals surface area contributed by atoms with Gasteiger partial charge in [0.05, 0.1) is 5.52 Å². The molecule has 0 fully saturated rings. The molecule has 0 unspecified atom stereocenters. The van der Waals surface area contributed by atoms with Crippen LogP contribution >= 0.6 is 0 Å². The Morgan fingerprint density at radius 1 is 1.05 bits per heavy atom. The molecule has 0 spiro atoms. The van der Waals surface area contributed by atoms with E-state index in [0.29, 0.717) is 0 Å². The monoisotopic (exact) mass is 454 g/mol. The predicted molar refractivity (Wildman–Crippen MR) is 82.5 cm³/mol. The largest absolute Gasteiger partial charge is 0.312 e. The molecule has 21 heavy (non-hydrogen) atoms. The van der Waals surface area contributed by atoms with Crippen LogP contribution < -0.4 is 0 Å². The molecule has 3 heteroatoms. The van der Waals surface area contributed by atoms with Crippen LogP contribution in [0.3, 0.4) is 0 Å². The van der Waals surface area contributed by atoms with E-state index in [1.54, 1.807) is 12.4 Å². The van der Waals surface area contributed by atoms with Gasteiger partial charge in [-0.05, 0) is 35.1 Å². The van der Waals surface area contributed by atoms with E-state index < -0.39 is 0 Å². The zero-order valence-electron chi connectivity index (χ0n) is 12.3. The fourth-order valence-corrected chi connectivity index (χ4v) is 2.41. The second-order valence-corrected chi connectivity index (χ2v) is 5.97. The van der Waals surface area contributed by atoms with Gasteiger partial charge in [-0.15, -0.1) is 6.07 Å². The Morgan fingerprint density at radius 3 is 2.48 bits per heavy atom. The predicted octanol–water partition coefficient (Wildman–Crippen LogP) is 4.39. The first-order chi connectivity index (χ1) is 9.55. The molecule has 2 aromatic heterocycles. The van der Waals surface area contributed by atoms with E-state index >= 15 is 0 Å². The van der Waals surface area contributed by atoms with Crippen molar-refractivity contribution < 1.29 is 20.1 Å². The molecule has 0 aliphatic rings. The SMILES string of the molecule is CC(C)(C)c1cc(-c2[c-]cncc2)nc2ccccc12.[Ir]. The van der Waals surface area contributed by atoms with Gasteiger partial charge in [-0.3, -0.25) is 4.98 Å². The molecule has 0 amide bonds. The summed E-state index contributed by atoms with van der Waals surface area (Å²) in [5.41, 5.74) is 4.35. The van der Waals surface area contributed by atoms with Gasteiger partial charge in [-0.25, -0.2) is 0 Å². The Morgan fingerprint density at radius 2 is 1.81 bits per heavy atom. The maximum absolute atomic E-state index is 4.76. The maximum Gasteiger partial charge on any atom is 0.0561 e. The van der Waals surface area contributed by atoms with Gasteiger partial charge in [0.1, 0.15) is 0 Å². The van der Waals surface area contributed by atoms with E-state index in [0.717, 1.165) is 16.8 Å². The molecule has 2 heterocycles. The summed E-state index contributed by atoms with van der Waals surface area (Å²) in [6.07, 6.45) is 3.46. The average Bonchev–Trinajstić information content (AvgIpc) is 2.46. The molecular weight excluding hydrogens is 436 g/mol. The quantitative estimate of drug-likeness (QED) is 0.511. The van der Waals surface area contributed by atoms with Crippen molar-refractivity contribution >= 4 is 10.9 Å². The molecule has 0 saturated heterocycles. The number of benzene rings is 1. The van der Waals surface area contributed by atoms with E-state index in [1.165, 1.54) is 10.9 Å². The molecule has 109 valence electrons. The van der Waals surface area contributed by atoms with Crippen molar-refractivity contribution in [3.8, 4) is 11.3 Å². The van der Waals surface area contributed by atoms with Gasteiger partial charge in [0.2, 0.25) is 0 Å². The molecule has 0 atom stereocenters. The number of hydrogen-bond acceptors (Lipinski definition) is 2. The van der Waals surface area contributed by atoms with Crippen LogP contribution in [0.5, 0.6) is 0 Å². The number of nitrogens with zero attached hydrogens (tertiary/aromatic N) is 2. The van der Waals surface area contributed by atoms with Gasteiger partial charge in [0, 0.05) is 25.5 Å². The summed E-state index contributed by atoms with van der Waals surface area (Å²) in [6.45, 7) is 6.69. The third-order valence-electron chi connectivity index (χ3n) is 3.42. The second kappa shape index (κ2) is 6.05. The number of aromatic nitrogens is 2. The summed E-state index contributed by atoms with van der Waals surface area (Å²) >= 11 is 0. The minimum atomic E-state index is 0. The number of hydrogen-bond donors (Lipinski definition) is 0. The van der Waals surface area contributed by atoms with Crippen molar-refractivity contribution in [2.45, 2.75) is 26.2 Å². The molecule has 0 aliphatic carbocycles. The Hall–Kier alpha value is -1.57. The molecule has 2 nitrogen and oxygen atoms in total. The Kier molecular flexibility index (Phi) is 4.55. The molecule has 0 N–H and O–H groups in total. The summed E-state index contributed by atoms with van der Waals surface area (Å²) in [6, 6.07) is 15.6. The molecule has 0 saturated carbocycles. The smallest absolute Gasteiger partial charge is 0.0561 e. The standard InChI is InChI=1S/C18H17N2.Ir/c1-18(2,3)15-12-17(13-8-10-19-11-9-13)20-16-7-5-4-6-14(15)16;/h4-8,10-12H,1-3H3;/q-1;. The minimum absolute atomic E-state index is 0. The molecule has 1 radical (unpaired) electrons. The van der Waals surface area contributed by atoms with E-state index in [-0.39, 0.29) is 25.5 Å². The van der Waals surface area contributed by atoms with Crippen LogP contribution in [0.15, 0.2) is 48.8 Å². The van der Waals surface area contributed by atoms with E-state index in [1.807, 2.05) is 12.1 Å². The first-order valence-electron chi connectivity index (χ1n) is 6.78. The normalized spacial score (nSPS) is 11.2. The van der Waals surface area contributed by atoms with Gasteiger partial charge in [0.25, 0.3) is 0 Å². The second-order valence-electron chi connectivity index (χ2n) is 5.97. The maximum atomic E-state index is 4.76. The molecule has 0 bridgehead atoms. The van der Waals surface area contributed by atoms with Crippen molar-refractivity contribution in [1.82, 2.24) is 9.97 Å². The molecule has 3 rings (SSSR count). The van der Waals surface area contributed by atoms with Crippen LogP contribution in [0.25, 0.3) is 22.2 Å². The third-order valence-corrected chi connectivity index (χ3v) is 3.42. The van der Waals surface area contributed by atoms with Crippen LogP contribution in [0, 0.1) is 6.07 Å². The van der Waals surface area contributed by atoms with Gasteiger partial charge < -0.3 is 4.98 Å². The summed E-state index contributed by atoms with van der Waals surface area (Å²) in [5, 5.41) is 1.22. The summed E-state index contributed by atoms with van der Waals surface area (Å²) in [5.74, 6) is 0. The third kappa shape index (κ3) is 3.20. The molecule has 1 aromatic carbocycles. The van der Waals surface area contributed by atoms with Crippen LogP contribution in [-0.4, -0.2) is 9.97 Å². The Bertz CT molecular complexity index is 746. The number of para-hydroxylation sites is 1. The number of rotatable bonds is 1. The minimum Gasteiger partial charge on any atom is -0.312 e. The van der Waals surface area contributed by atoms with Crippen molar-refractivity contribution in [1.29, 1.82) is 0 Å². The van der Waals surface area contributed by atoms with Gasteiger partial charge in [-0.2, -0.15) is 11.6 Å². The summed E-state index contributed by atoms with van der Waals surface area (Å²) in [7, 11) is 0. The first-order valence-corrected chi connectivity index (χ1v) is 6.78. The van der Waals surface area contributed by atoms with Crippen molar-refractivity contribution in [2.75, 3.05) is 0 Å². The topological polar surface area (TPSA) is 25.8 Å². The Labute approximate surface area is 139 Å². The van der Waals surface area contributed by atoms with Crippen molar-refractivity contribution in [3.63, 3.8) is 0 Å². The molecular formula is C18H17IrN2-. The van der Waals surface area contributed by atoms with Crippen LogP contribution in [-0.2, 0) is 25.5 Å². The van der Waals surface area contributed by atoms with Crippen LogP contribution in [0.1, 0.15) is 26.3 Å².